The van der Waals surface area contributed by atoms with Gasteiger partial charge in [0.25, 0.3) is 0 Å². The molecule has 3 aromatic carbocycles. The topological polar surface area (TPSA) is 58.6 Å². The molecule has 1 atom stereocenters. The van der Waals surface area contributed by atoms with Gasteiger partial charge in [-0.3, -0.25) is 4.79 Å². The Morgan fingerprint density at radius 3 is 2.46 bits per heavy atom. The van der Waals surface area contributed by atoms with E-state index in [1.807, 2.05) is 54.6 Å². The lowest BCUT2D eigenvalue weighted by molar-refractivity contribution is -0.111. The maximum Gasteiger partial charge on any atom is 0.248 e. The van der Waals surface area contributed by atoms with Crippen molar-refractivity contribution in [3.8, 4) is 5.75 Å². The molecule has 0 fully saturated rings. The number of hydrogen-bond acceptors (Lipinski definition) is 3. The van der Waals surface area contributed by atoms with Gasteiger partial charge in [-0.1, -0.05) is 54.1 Å². The molecular formula is C23H20ClNO3. The lowest BCUT2D eigenvalue weighted by atomic mass is 10.00. The Morgan fingerprint density at radius 1 is 1.07 bits per heavy atom. The molecule has 0 aliphatic heterocycles. The molecule has 0 heterocycles. The predicted octanol–water partition coefficient (Wildman–Crippen LogP) is 5.08. The number of benzene rings is 3. The minimum atomic E-state index is -0.902. The highest BCUT2D eigenvalue weighted by atomic mass is 35.5. The molecule has 5 heteroatoms. The summed E-state index contributed by atoms with van der Waals surface area (Å²) in [6, 6.07) is 21.6. The van der Waals surface area contributed by atoms with Gasteiger partial charge in [-0.15, -0.1) is 0 Å². The number of carbonyl (C=O) groups excluding carboxylic acids is 1. The van der Waals surface area contributed by atoms with Crippen LogP contribution in [0.15, 0.2) is 78.9 Å². The van der Waals surface area contributed by atoms with E-state index in [-0.39, 0.29) is 5.91 Å². The Balaban J connectivity index is 1.77. The van der Waals surface area contributed by atoms with Crippen molar-refractivity contribution in [2.24, 2.45) is 0 Å². The maximum atomic E-state index is 12.4. The highest BCUT2D eigenvalue weighted by molar-refractivity contribution is 6.30. The number of halogens is 1. The van der Waals surface area contributed by atoms with Crippen molar-refractivity contribution in [3.05, 3.63) is 101 Å². The molecule has 0 saturated carbocycles. The first-order valence-electron chi connectivity index (χ1n) is 8.72. The summed E-state index contributed by atoms with van der Waals surface area (Å²) in [5.74, 6) is 0.446. The largest absolute Gasteiger partial charge is 0.497 e. The van der Waals surface area contributed by atoms with Gasteiger partial charge in [-0.25, -0.2) is 0 Å². The molecule has 4 nitrogen and oxygen atoms in total. The summed E-state index contributed by atoms with van der Waals surface area (Å²) in [6.07, 6.45) is 2.24. The SMILES string of the molecule is COc1ccc(/C=C/C(=O)Nc2ccc(Cl)cc2[C@H](O)c2ccccc2)cc1. The number of hydrogen-bond donors (Lipinski definition) is 2. The summed E-state index contributed by atoms with van der Waals surface area (Å²) in [6.45, 7) is 0. The lowest BCUT2D eigenvalue weighted by Crippen LogP contribution is -2.12. The zero-order valence-corrected chi connectivity index (χ0v) is 16.1. The molecular weight excluding hydrogens is 374 g/mol. The summed E-state index contributed by atoms with van der Waals surface area (Å²) in [4.78, 5) is 12.4. The average molecular weight is 394 g/mol. The smallest absolute Gasteiger partial charge is 0.248 e. The molecule has 0 aliphatic rings. The molecule has 0 radical (unpaired) electrons. The van der Waals surface area contributed by atoms with Crippen molar-refractivity contribution in [1.29, 1.82) is 0 Å². The van der Waals surface area contributed by atoms with E-state index in [9.17, 15) is 9.90 Å². The minimum absolute atomic E-state index is 0.306. The number of methoxy groups -OCH3 is 1. The molecule has 3 rings (SSSR count). The van der Waals surface area contributed by atoms with Crippen molar-refractivity contribution in [2.45, 2.75) is 6.10 Å². The fourth-order valence-corrected chi connectivity index (χ4v) is 2.93. The van der Waals surface area contributed by atoms with E-state index in [1.165, 1.54) is 6.08 Å². The first-order valence-corrected chi connectivity index (χ1v) is 9.10. The van der Waals surface area contributed by atoms with Crippen LogP contribution in [0.3, 0.4) is 0 Å². The van der Waals surface area contributed by atoms with E-state index in [0.29, 0.717) is 21.8 Å². The Hall–Kier alpha value is -3.08. The number of aliphatic hydroxyl groups excluding tert-OH is 1. The molecule has 0 aromatic heterocycles. The summed E-state index contributed by atoms with van der Waals surface area (Å²) in [7, 11) is 1.60. The van der Waals surface area contributed by atoms with Crippen LogP contribution in [0, 0.1) is 0 Å². The fraction of sp³-hybridized carbons (Fsp3) is 0.0870. The van der Waals surface area contributed by atoms with E-state index in [0.717, 1.165) is 11.3 Å². The first-order chi connectivity index (χ1) is 13.6. The van der Waals surface area contributed by atoms with Crippen LogP contribution < -0.4 is 10.1 Å². The van der Waals surface area contributed by atoms with Gasteiger partial charge in [-0.2, -0.15) is 0 Å². The van der Waals surface area contributed by atoms with Crippen LogP contribution in [-0.4, -0.2) is 18.1 Å². The van der Waals surface area contributed by atoms with Crippen molar-refractivity contribution in [3.63, 3.8) is 0 Å². The number of rotatable bonds is 6. The van der Waals surface area contributed by atoms with E-state index >= 15 is 0 Å². The Labute approximate surface area is 169 Å². The van der Waals surface area contributed by atoms with Crippen LogP contribution in [0.2, 0.25) is 5.02 Å². The molecule has 142 valence electrons. The summed E-state index contributed by atoms with van der Waals surface area (Å²) in [5.41, 5.74) is 2.63. The quantitative estimate of drug-likeness (QED) is 0.574. The number of carbonyl (C=O) groups is 1. The van der Waals surface area contributed by atoms with Gasteiger partial charge >= 0.3 is 0 Å². The van der Waals surface area contributed by atoms with Crippen LogP contribution in [0.25, 0.3) is 6.08 Å². The highest BCUT2D eigenvalue weighted by Crippen LogP contribution is 2.31. The lowest BCUT2D eigenvalue weighted by Gasteiger charge is -2.16. The van der Waals surface area contributed by atoms with E-state index in [1.54, 1.807) is 31.4 Å². The number of nitrogens with one attached hydrogen (secondary N) is 1. The normalized spacial score (nSPS) is 12.0. The van der Waals surface area contributed by atoms with Crippen LogP contribution >= 0.6 is 11.6 Å². The summed E-state index contributed by atoms with van der Waals surface area (Å²) < 4.78 is 5.12. The second kappa shape index (κ2) is 9.22. The second-order valence-corrected chi connectivity index (χ2v) is 6.58. The minimum Gasteiger partial charge on any atom is -0.497 e. The Morgan fingerprint density at radius 2 is 1.79 bits per heavy atom. The van der Waals surface area contributed by atoms with Gasteiger partial charge in [0.15, 0.2) is 0 Å². The van der Waals surface area contributed by atoms with E-state index < -0.39 is 6.10 Å². The zero-order valence-electron chi connectivity index (χ0n) is 15.3. The number of anilines is 1. The molecule has 2 N–H and O–H groups in total. The van der Waals surface area contributed by atoms with Crippen LogP contribution in [-0.2, 0) is 4.79 Å². The molecule has 0 bridgehead atoms. The maximum absolute atomic E-state index is 12.4. The average Bonchev–Trinajstić information content (AvgIpc) is 2.74. The fourth-order valence-electron chi connectivity index (χ4n) is 2.75. The molecule has 28 heavy (non-hydrogen) atoms. The number of aliphatic hydroxyl groups is 1. The monoisotopic (exact) mass is 393 g/mol. The van der Waals surface area contributed by atoms with E-state index in [2.05, 4.69) is 5.32 Å². The van der Waals surface area contributed by atoms with Crippen molar-refractivity contribution < 1.29 is 14.6 Å². The van der Waals surface area contributed by atoms with Gasteiger partial charge in [-0.05, 0) is 47.5 Å². The Kier molecular flexibility index (Phi) is 6.48. The van der Waals surface area contributed by atoms with Gasteiger partial charge in [0.2, 0.25) is 5.91 Å². The Bertz CT molecular complexity index is 969. The summed E-state index contributed by atoms with van der Waals surface area (Å²) in [5, 5.41) is 14.0. The van der Waals surface area contributed by atoms with Gasteiger partial charge in [0.05, 0.1) is 7.11 Å². The third-order valence-electron chi connectivity index (χ3n) is 4.22. The number of amides is 1. The van der Waals surface area contributed by atoms with Gasteiger partial charge in [0, 0.05) is 22.3 Å². The third kappa shape index (κ3) is 5.00. The molecule has 0 unspecified atom stereocenters. The predicted molar refractivity (Wildman–Crippen MR) is 113 cm³/mol. The molecule has 3 aromatic rings. The van der Waals surface area contributed by atoms with Crippen LogP contribution in [0.1, 0.15) is 22.8 Å². The van der Waals surface area contributed by atoms with Crippen LogP contribution in [0.5, 0.6) is 5.75 Å². The molecule has 0 aliphatic carbocycles. The first kappa shape index (κ1) is 19.7. The summed E-state index contributed by atoms with van der Waals surface area (Å²) >= 11 is 6.10. The van der Waals surface area contributed by atoms with Crippen LogP contribution in [0.4, 0.5) is 5.69 Å². The van der Waals surface area contributed by atoms with Crippen molar-refractivity contribution in [1.82, 2.24) is 0 Å². The molecule has 0 saturated heterocycles. The third-order valence-corrected chi connectivity index (χ3v) is 4.46. The van der Waals surface area contributed by atoms with E-state index in [4.69, 9.17) is 16.3 Å². The molecule has 1 amide bonds. The van der Waals surface area contributed by atoms with Gasteiger partial charge < -0.3 is 15.2 Å². The second-order valence-electron chi connectivity index (χ2n) is 6.14. The number of ether oxygens (including phenoxy) is 1. The van der Waals surface area contributed by atoms with Crippen molar-refractivity contribution in [2.75, 3.05) is 12.4 Å². The van der Waals surface area contributed by atoms with Crippen molar-refractivity contribution >= 4 is 29.3 Å². The zero-order chi connectivity index (χ0) is 19.9. The highest BCUT2D eigenvalue weighted by Gasteiger charge is 2.16. The standard InChI is InChI=1S/C23H20ClNO3/c1-28-19-11-7-16(8-12-19)9-14-22(26)25-21-13-10-18(24)15-20(21)23(27)17-5-3-2-4-6-17/h2-15,23,27H,1H3,(H,25,26)/b14-9+/t23-/m1/s1. The van der Waals surface area contributed by atoms with Gasteiger partial charge in [0.1, 0.15) is 11.9 Å². The molecule has 0 spiro atoms.